The van der Waals surface area contributed by atoms with Crippen LogP contribution in [-0.4, -0.2) is 44.7 Å². The summed E-state index contributed by atoms with van der Waals surface area (Å²) in [5.74, 6) is 1.47. The minimum absolute atomic E-state index is 0.130. The zero-order valence-electron chi connectivity index (χ0n) is 14.1. The fourth-order valence-electron chi connectivity index (χ4n) is 2.76. The van der Waals surface area contributed by atoms with Gasteiger partial charge < -0.3 is 9.26 Å². The Morgan fingerprint density at radius 2 is 2.13 bits per heavy atom. The summed E-state index contributed by atoms with van der Waals surface area (Å²) in [7, 11) is -1.80. The molecule has 1 N–H and O–H groups in total. The number of ether oxygens (including phenoxy) is 1. The summed E-state index contributed by atoms with van der Waals surface area (Å²) in [4.78, 5) is 0. The van der Waals surface area contributed by atoms with Crippen LogP contribution in [0.4, 0.5) is 0 Å². The van der Waals surface area contributed by atoms with Crippen LogP contribution in [0.5, 0.6) is 0 Å². The highest BCUT2D eigenvalue weighted by Gasteiger charge is 2.27. The molecule has 1 aliphatic rings. The molecule has 0 unspecified atom stereocenters. The second-order valence-electron chi connectivity index (χ2n) is 6.51. The highest BCUT2D eigenvalue weighted by molar-refractivity contribution is 7.87. The maximum atomic E-state index is 12.3. The Morgan fingerprint density at radius 3 is 2.74 bits per heavy atom. The van der Waals surface area contributed by atoms with Gasteiger partial charge in [-0.2, -0.15) is 17.4 Å². The summed E-state index contributed by atoms with van der Waals surface area (Å²) in [5.41, 5.74) is 0.856. The molecule has 0 saturated carbocycles. The third kappa shape index (κ3) is 5.56. The maximum Gasteiger partial charge on any atom is 0.279 e. The fourth-order valence-corrected chi connectivity index (χ4v) is 3.96. The van der Waals surface area contributed by atoms with Gasteiger partial charge in [-0.25, -0.2) is 0 Å². The largest absolute Gasteiger partial charge is 0.384 e. The van der Waals surface area contributed by atoms with Crippen molar-refractivity contribution >= 4 is 10.2 Å². The third-order valence-corrected chi connectivity index (χ3v) is 5.52. The van der Waals surface area contributed by atoms with Crippen molar-refractivity contribution in [2.75, 3.05) is 26.8 Å². The number of aromatic nitrogens is 1. The van der Waals surface area contributed by atoms with Crippen molar-refractivity contribution in [2.45, 2.75) is 39.7 Å². The van der Waals surface area contributed by atoms with Crippen LogP contribution >= 0.6 is 0 Å². The van der Waals surface area contributed by atoms with E-state index in [0.717, 1.165) is 25.0 Å². The first-order chi connectivity index (χ1) is 10.9. The zero-order chi connectivity index (χ0) is 16.9. The molecule has 1 aromatic heterocycles. The zero-order valence-corrected chi connectivity index (χ0v) is 14.9. The molecule has 0 amide bonds. The van der Waals surface area contributed by atoms with E-state index < -0.39 is 10.2 Å². The van der Waals surface area contributed by atoms with Crippen LogP contribution in [0, 0.1) is 11.8 Å². The van der Waals surface area contributed by atoms with E-state index in [1.165, 1.54) is 4.31 Å². The van der Waals surface area contributed by atoms with Crippen molar-refractivity contribution in [2.24, 2.45) is 11.8 Å². The Kier molecular flexibility index (Phi) is 6.58. The molecule has 1 aliphatic heterocycles. The van der Waals surface area contributed by atoms with Crippen molar-refractivity contribution < 1.29 is 17.7 Å². The molecule has 2 rings (SSSR count). The Hall–Kier alpha value is -0.960. The number of methoxy groups -OCH3 is 1. The maximum absolute atomic E-state index is 12.3. The van der Waals surface area contributed by atoms with Gasteiger partial charge in [0.15, 0.2) is 5.76 Å². The lowest BCUT2D eigenvalue weighted by Crippen LogP contribution is -2.45. The number of rotatable bonds is 8. The summed E-state index contributed by atoms with van der Waals surface area (Å²) in [5, 5.41) is 3.96. The normalized spacial score (nSPS) is 17.9. The molecule has 1 fully saturated rings. The molecule has 0 radical (unpaired) electrons. The van der Waals surface area contributed by atoms with E-state index in [9.17, 15) is 8.42 Å². The summed E-state index contributed by atoms with van der Waals surface area (Å²) < 4.78 is 39.1. The average molecular weight is 345 g/mol. The predicted octanol–water partition coefficient (Wildman–Crippen LogP) is 1.57. The first kappa shape index (κ1) is 18.4. The molecule has 0 aromatic carbocycles. The first-order valence-electron chi connectivity index (χ1n) is 8.09. The summed E-state index contributed by atoms with van der Waals surface area (Å²) in [6.07, 6.45) is 2.48. The quantitative estimate of drug-likeness (QED) is 0.773. The Labute approximate surface area is 138 Å². The van der Waals surface area contributed by atoms with Crippen molar-refractivity contribution in [1.82, 2.24) is 14.2 Å². The molecule has 0 spiro atoms. The second-order valence-corrected chi connectivity index (χ2v) is 8.26. The van der Waals surface area contributed by atoms with Crippen LogP contribution in [0.3, 0.4) is 0 Å². The second kappa shape index (κ2) is 8.23. The molecule has 1 aromatic rings. The molecule has 23 heavy (non-hydrogen) atoms. The Balaban J connectivity index is 1.83. The first-order valence-corrected chi connectivity index (χ1v) is 9.53. The number of hydrogen-bond acceptors (Lipinski definition) is 5. The van der Waals surface area contributed by atoms with Gasteiger partial charge in [-0.05, 0) is 31.1 Å². The fraction of sp³-hybridized carbons (Fsp3) is 0.800. The van der Waals surface area contributed by atoms with Gasteiger partial charge in [-0.15, -0.1) is 0 Å². The highest BCUT2D eigenvalue weighted by Crippen LogP contribution is 2.19. The van der Waals surface area contributed by atoms with E-state index in [1.54, 1.807) is 7.11 Å². The van der Waals surface area contributed by atoms with Crippen molar-refractivity contribution in [3.8, 4) is 0 Å². The number of nitrogens with zero attached hydrogens (tertiary/aromatic N) is 2. The van der Waals surface area contributed by atoms with E-state index >= 15 is 0 Å². The van der Waals surface area contributed by atoms with Gasteiger partial charge in [0.25, 0.3) is 10.2 Å². The van der Waals surface area contributed by atoms with Crippen LogP contribution in [0.15, 0.2) is 10.6 Å². The van der Waals surface area contributed by atoms with Crippen molar-refractivity contribution in [3.05, 3.63) is 17.5 Å². The average Bonchev–Trinajstić information content (AvgIpc) is 2.93. The monoisotopic (exact) mass is 345 g/mol. The molecule has 132 valence electrons. The number of nitrogens with one attached hydrogen (secondary N) is 1. The van der Waals surface area contributed by atoms with Crippen LogP contribution in [0.1, 0.15) is 38.1 Å². The lowest BCUT2D eigenvalue weighted by atomic mass is 9.99. The van der Waals surface area contributed by atoms with Crippen LogP contribution in [0.25, 0.3) is 0 Å². The lowest BCUT2D eigenvalue weighted by Gasteiger charge is -2.30. The smallest absolute Gasteiger partial charge is 0.279 e. The Morgan fingerprint density at radius 1 is 1.43 bits per heavy atom. The van der Waals surface area contributed by atoms with E-state index in [4.69, 9.17) is 9.26 Å². The van der Waals surface area contributed by atoms with E-state index in [1.807, 2.05) is 6.07 Å². The molecule has 2 heterocycles. The van der Waals surface area contributed by atoms with Crippen molar-refractivity contribution in [3.63, 3.8) is 0 Å². The standard InChI is InChI=1S/C15H27N3O4S/c1-12(2)8-14-9-15(22-17-14)10-16-23(19,20)18-6-4-13(5-7-18)11-21-3/h9,12-13,16H,4-8,10-11H2,1-3H3. The molecule has 7 nitrogen and oxygen atoms in total. The van der Waals surface area contributed by atoms with Crippen molar-refractivity contribution in [1.29, 1.82) is 0 Å². The van der Waals surface area contributed by atoms with Crippen LogP contribution in [-0.2, 0) is 27.9 Å². The SMILES string of the molecule is COCC1CCN(S(=O)(=O)NCc2cc(CC(C)C)no2)CC1. The number of hydrogen-bond donors (Lipinski definition) is 1. The predicted molar refractivity (Wildman–Crippen MR) is 87.0 cm³/mol. The Bertz CT molecular complexity index is 577. The van der Waals surface area contributed by atoms with Crippen LogP contribution < -0.4 is 4.72 Å². The minimum Gasteiger partial charge on any atom is -0.384 e. The molecule has 1 saturated heterocycles. The van der Waals surface area contributed by atoms with Crippen LogP contribution in [0.2, 0.25) is 0 Å². The molecular weight excluding hydrogens is 318 g/mol. The molecular formula is C15H27N3O4S. The summed E-state index contributed by atoms with van der Waals surface area (Å²) in [6.45, 7) is 6.08. The third-order valence-electron chi connectivity index (χ3n) is 3.97. The topological polar surface area (TPSA) is 84.7 Å². The summed E-state index contributed by atoms with van der Waals surface area (Å²) >= 11 is 0. The van der Waals surface area contributed by atoms with E-state index in [2.05, 4.69) is 23.7 Å². The molecule has 0 bridgehead atoms. The van der Waals surface area contributed by atoms with Gasteiger partial charge in [-0.1, -0.05) is 19.0 Å². The van der Waals surface area contributed by atoms with E-state index in [-0.39, 0.29) is 6.54 Å². The highest BCUT2D eigenvalue weighted by atomic mass is 32.2. The summed E-state index contributed by atoms with van der Waals surface area (Å²) in [6, 6.07) is 1.81. The van der Waals surface area contributed by atoms with Gasteiger partial charge in [0.1, 0.15) is 0 Å². The van der Waals surface area contributed by atoms with Gasteiger partial charge in [0.05, 0.1) is 12.2 Å². The lowest BCUT2D eigenvalue weighted by molar-refractivity contribution is 0.121. The van der Waals surface area contributed by atoms with Gasteiger partial charge in [-0.3, -0.25) is 0 Å². The van der Waals surface area contributed by atoms with Gasteiger partial charge in [0, 0.05) is 32.9 Å². The van der Waals surface area contributed by atoms with Gasteiger partial charge in [0.2, 0.25) is 0 Å². The molecule has 0 aliphatic carbocycles. The van der Waals surface area contributed by atoms with E-state index in [0.29, 0.717) is 37.3 Å². The number of piperidine rings is 1. The van der Waals surface area contributed by atoms with Gasteiger partial charge >= 0.3 is 0 Å². The molecule has 0 atom stereocenters. The minimum atomic E-state index is -3.48. The molecule has 8 heteroatoms.